The second-order valence-corrected chi connectivity index (χ2v) is 12.0. The summed E-state index contributed by atoms with van der Waals surface area (Å²) in [6, 6.07) is 20.0. The molecule has 1 aliphatic rings. The lowest BCUT2D eigenvalue weighted by Crippen LogP contribution is -2.47. The van der Waals surface area contributed by atoms with Gasteiger partial charge in [0.25, 0.3) is 5.91 Å². The molecule has 2 amide bonds. The van der Waals surface area contributed by atoms with E-state index in [4.69, 9.17) is 9.47 Å². The van der Waals surface area contributed by atoms with Crippen LogP contribution in [0.2, 0.25) is 0 Å². The van der Waals surface area contributed by atoms with Crippen molar-refractivity contribution in [2.24, 2.45) is 7.05 Å². The number of carbonyl (C=O) groups excluding carboxylic acids is 2. The Morgan fingerprint density at radius 2 is 1.69 bits per heavy atom. The molecule has 0 bridgehead atoms. The Bertz CT molecular complexity index is 1610. The smallest absolute Gasteiger partial charge is 0.410 e. The van der Waals surface area contributed by atoms with Gasteiger partial charge >= 0.3 is 6.09 Å². The zero-order chi connectivity index (χ0) is 30.0. The van der Waals surface area contributed by atoms with E-state index in [1.807, 2.05) is 94.0 Å². The Balaban J connectivity index is 1.25. The number of fused-ring (bicyclic) bond motifs is 1. The molecule has 0 radical (unpaired) electrons. The van der Waals surface area contributed by atoms with Gasteiger partial charge < -0.3 is 19.7 Å². The first kappa shape index (κ1) is 29.2. The van der Waals surface area contributed by atoms with Crippen molar-refractivity contribution >= 4 is 22.9 Å². The molecule has 1 aliphatic heterocycles. The van der Waals surface area contributed by atoms with E-state index in [2.05, 4.69) is 23.4 Å². The van der Waals surface area contributed by atoms with Crippen LogP contribution in [0.1, 0.15) is 62.2 Å². The summed E-state index contributed by atoms with van der Waals surface area (Å²) in [5.74, 6) is 1.41. The molecule has 2 heterocycles. The summed E-state index contributed by atoms with van der Waals surface area (Å²) in [6.07, 6.45) is 1.83. The number of aromatic nitrogens is 2. The maximum Gasteiger partial charge on any atom is 0.410 e. The predicted molar refractivity (Wildman–Crippen MR) is 165 cm³/mol. The minimum absolute atomic E-state index is 0.0175. The molecule has 0 unspecified atom stereocenters. The predicted octanol–water partition coefficient (Wildman–Crippen LogP) is 7.03. The first-order valence-corrected chi connectivity index (χ1v) is 14.6. The zero-order valence-corrected chi connectivity index (χ0v) is 25.4. The van der Waals surface area contributed by atoms with Crippen LogP contribution in [-0.4, -0.2) is 51.4 Å². The van der Waals surface area contributed by atoms with Gasteiger partial charge in [-0.05, 0) is 94.0 Å². The normalized spacial score (nSPS) is 14.2. The summed E-state index contributed by atoms with van der Waals surface area (Å²) < 4.78 is 13.6. The molecule has 1 aromatic heterocycles. The maximum absolute atomic E-state index is 13.3. The SMILES string of the molecule is CCc1cc(-c2cccc(Oc3ccc4c(C)nn(C)c4c3)c2)ccc1C(=O)NC1CCN(C(=O)OC(C)(C)C)CC1. The number of amides is 2. The number of nitrogens with zero attached hydrogens (tertiary/aromatic N) is 3. The topological polar surface area (TPSA) is 85.7 Å². The van der Waals surface area contributed by atoms with Crippen molar-refractivity contribution in [3.8, 4) is 22.6 Å². The van der Waals surface area contributed by atoms with E-state index < -0.39 is 5.60 Å². The van der Waals surface area contributed by atoms with Crippen LogP contribution in [0.5, 0.6) is 11.5 Å². The van der Waals surface area contributed by atoms with Crippen LogP contribution in [0.15, 0.2) is 60.7 Å². The molecule has 0 spiro atoms. The molecule has 42 heavy (non-hydrogen) atoms. The van der Waals surface area contributed by atoms with Gasteiger partial charge in [0.15, 0.2) is 0 Å². The second-order valence-electron chi connectivity index (χ2n) is 12.0. The fourth-order valence-corrected chi connectivity index (χ4v) is 5.44. The highest BCUT2D eigenvalue weighted by molar-refractivity contribution is 5.96. The average Bonchev–Trinajstić information content (AvgIpc) is 3.24. The number of carbonyl (C=O) groups is 2. The molecule has 4 aromatic rings. The summed E-state index contributed by atoms with van der Waals surface area (Å²) in [5, 5.41) is 8.79. The largest absolute Gasteiger partial charge is 0.457 e. The Hall–Kier alpha value is -4.33. The van der Waals surface area contributed by atoms with E-state index in [0.29, 0.717) is 31.5 Å². The third kappa shape index (κ3) is 6.59. The molecular formula is C34H40N4O4. The van der Waals surface area contributed by atoms with E-state index in [9.17, 15) is 9.59 Å². The summed E-state index contributed by atoms with van der Waals surface area (Å²) >= 11 is 0. The summed E-state index contributed by atoms with van der Waals surface area (Å²) in [4.78, 5) is 27.4. The molecule has 0 saturated carbocycles. The number of likely N-dealkylation sites (tertiary alicyclic amines) is 1. The van der Waals surface area contributed by atoms with Crippen molar-refractivity contribution < 1.29 is 19.1 Å². The number of aryl methyl sites for hydroxylation is 3. The van der Waals surface area contributed by atoms with E-state index in [1.165, 1.54) is 0 Å². The second kappa shape index (κ2) is 11.9. The number of benzene rings is 3. The van der Waals surface area contributed by atoms with Crippen molar-refractivity contribution in [1.29, 1.82) is 0 Å². The van der Waals surface area contributed by atoms with Crippen LogP contribution in [0.25, 0.3) is 22.0 Å². The first-order chi connectivity index (χ1) is 20.0. The Labute approximate surface area is 247 Å². The van der Waals surface area contributed by atoms with Crippen molar-refractivity contribution in [3.63, 3.8) is 0 Å². The van der Waals surface area contributed by atoms with Gasteiger partial charge in [-0.2, -0.15) is 5.10 Å². The van der Waals surface area contributed by atoms with E-state index in [-0.39, 0.29) is 18.0 Å². The average molecular weight is 569 g/mol. The van der Waals surface area contributed by atoms with E-state index in [1.54, 1.807) is 4.90 Å². The van der Waals surface area contributed by atoms with Gasteiger partial charge in [0.2, 0.25) is 0 Å². The molecule has 3 aromatic carbocycles. The molecule has 8 nitrogen and oxygen atoms in total. The zero-order valence-electron chi connectivity index (χ0n) is 25.4. The van der Waals surface area contributed by atoms with Gasteiger partial charge in [-0.15, -0.1) is 0 Å². The number of rotatable bonds is 6. The molecule has 5 rings (SSSR count). The van der Waals surface area contributed by atoms with Crippen LogP contribution >= 0.6 is 0 Å². The number of hydrogen-bond acceptors (Lipinski definition) is 5. The van der Waals surface area contributed by atoms with Crippen molar-refractivity contribution in [2.75, 3.05) is 13.1 Å². The lowest BCUT2D eigenvalue weighted by Gasteiger charge is -2.33. The molecule has 0 atom stereocenters. The minimum atomic E-state index is -0.520. The quantitative estimate of drug-likeness (QED) is 0.270. The standard InChI is InChI=1S/C34H40N4O4/c1-7-23-19-25(11-13-30(23)32(39)35-26-15-17-38(18-16-26)33(40)42-34(3,4)5)24-9-8-10-27(20-24)41-28-12-14-29-22(2)36-37(6)31(29)21-28/h8-14,19-21,26H,7,15-18H2,1-6H3,(H,35,39). The Morgan fingerprint density at radius 3 is 2.40 bits per heavy atom. The third-order valence-electron chi connectivity index (χ3n) is 7.62. The molecule has 1 N–H and O–H groups in total. The molecule has 8 heteroatoms. The van der Waals surface area contributed by atoms with Gasteiger partial charge in [-0.25, -0.2) is 4.79 Å². The first-order valence-electron chi connectivity index (χ1n) is 14.6. The summed E-state index contributed by atoms with van der Waals surface area (Å²) in [6.45, 7) is 10.8. The molecule has 1 saturated heterocycles. The van der Waals surface area contributed by atoms with Gasteiger partial charge in [0, 0.05) is 43.2 Å². The fourth-order valence-electron chi connectivity index (χ4n) is 5.44. The highest BCUT2D eigenvalue weighted by Gasteiger charge is 2.28. The van der Waals surface area contributed by atoms with Gasteiger partial charge in [-0.3, -0.25) is 9.48 Å². The minimum Gasteiger partial charge on any atom is -0.457 e. The summed E-state index contributed by atoms with van der Waals surface area (Å²) in [7, 11) is 1.93. The lowest BCUT2D eigenvalue weighted by atomic mass is 9.96. The monoisotopic (exact) mass is 568 g/mol. The third-order valence-corrected chi connectivity index (χ3v) is 7.62. The maximum atomic E-state index is 13.3. The van der Waals surface area contributed by atoms with Crippen LogP contribution < -0.4 is 10.1 Å². The molecule has 220 valence electrons. The highest BCUT2D eigenvalue weighted by atomic mass is 16.6. The number of hydrogen-bond donors (Lipinski definition) is 1. The van der Waals surface area contributed by atoms with Crippen molar-refractivity contribution in [1.82, 2.24) is 20.0 Å². The van der Waals surface area contributed by atoms with Gasteiger partial charge in [0.05, 0.1) is 11.2 Å². The summed E-state index contributed by atoms with van der Waals surface area (Å²) in [5.41, 5.74) is 5.21. The number of nitrogens with one attached hydrogen (secondary N) is 1. The van der Waals surface area contributed by atoms with Crippen molar-refractivity contribution in [2.45, 2.75) is 65.5 Å². The van der Waals surface area contributed by atoms with Gasteiger partial charge in [0.1, 0.15) is 17.1 Å². The van der Waals surface area contributed by atoms with E-state index in [0.717, 1.165) is 51.2 Å². The Morgan fingerprint density at radius 1 is 0.976 bits per heavy atom. The van der Waals surface area contributed by atoms with Crippen LogP contribution in [0.3, 0.4) is 0 Å². The molecule has 0 aliphatic carbocycles. The highest BCUT2D eigenvalue weighted by Crippen LogP contribution is 2.31. The number of piperidine rings is 1. The van der Waals surface area contributed by atoms with Crippen LogP contribution in [0.4, 0.5) is 4.79 Å². The van der Waals surface area contributed by atoms with Crippen molar-refractivity contribution in [3.05, 3.63) is 77.5 Å². The fraction of sp³-hybridized carbons (Fsp3) is 0.382. The molecule has 1 fully saturated rings. The lowest BCUT2D eigenvalue weighted by molar-refractivity contribution is 0.0199. The van der Waals surface area contributed by atoms with E-state index >= 15 is 0 Å². The van der Waals surface area contributed by atoms with Gasteiger partial charge in [-0.1, -0.05) is 31.2 Å². The van der Waals surface area contributed by atoms with Crippen LogP contribution in [0, 0.1) is 6.92 Å². The Kier molecular flexibility index (Phi) is 8.25. The molecular weight excluding hydrogens is 528 g/mol. The number of ether oxygens (including phenoxy) is 2. The van der Waals surface area contributed by atoms with Crippen LogP contribution in [-0.2, 0) is 18.2 Å².